The predicted molar refractivity (Wildman–Crippen MR) is 127 cm³/mol. The standard InChI is InChI=1S/C24H20N4O2S2/c29-21(25-19-10-5-4-9-18(19)22(30)16-7-2-1-3-8-16)15-32-24-27-26-23(20-11-6-14-31-20)28(24)17-12-13-17/h1-11,14,17H,12-13,15H2,(H,25,29). The molecule has 0 spiro atoms. The highest BCUT2D eigenvalue weighted by Crippen LogP contribution is 2.41. The third-order valence-corrected chi connectivity index (χ3v) is 6.94. The normalized spacial score (nSPS) is 13.1. The van der Waals surface area contributed by atoms with Crippen LogP contribution in [0.25, 0.3) is 10.7 Å². The van der Waals surface area contributed by atoms with Gasteiger partial charge in [0.05, 0.1) is 16.3 Å². The Morgan fingerprint density at radius 1 is 1.00 bits per heavy atom. The second-order valence-electron chi connectivity index (χ2n) is 7.46. The van der Waals surface area contributed by atoms with E-state index in [0.29, 0.717) is 22.9 Å². The molecule has 1 N–H and O–H groups in total. The number of amides is 1. The van der Waals surface area contributed by atoms with E-state index in [4.69, 9.17) is 0 Å². The van der Waals surface area contributed by atoms with Crippen molar-refractivity contribution in [1.29, 1.82) is 0 Å². The number of nitrogens with zero attached hydrogens (tertiary/aromatic N) is 3. The lowest BCUT2D eigenvalue weighted by molar-refractivity contribution is -0.113. The molecule has 0 unspecified atom stereocenters. The second kappa shape index (κ2) is 9.10. The molecule has 2 heterocycles. The summed E-state index contributed by atoms with van der Waals surface area (Å²) in [7, 11) is 0. The van der Waals surface area contributed by atoms with Crippen molar-refractivity contribution >= 4 is 40.5 Å². The molecule has 2 aromatic heterocycles. The minimum atomic E-state index is -0.189. The van der Waals surface area contributed by atoms with Gasteiger partial charge in [0.2, 0.25) is 5.91 Å². The van der Waals surface area contributed by atoms with Gasteiger partial charge < -0.3 is 5.32 Å². The third kappa shape index (κ3) is 4.37. The zero-order valence-corrected chi connectivity index (χ0v) is 18.7. The van der Waals surface area contributed by atoms with Gasteiger partial charge in [-0.1, -0.05) is 60.3 Å². The fraction of sp³-hybridized carbons (Fsp3) is 0.167. The van der Waals surface area contributed by atoms with E-state index < -0.39 is 0 Å². The molecular weight excluding hydrogens is 440 g/mol. The number of para-hydroxylation sites is 1. The minimum absolute atomic E-state index is 0.122. The fourth-order valence-electron chi connectivity index (χ4n) is 3.46. The van der Waals surface area contributed by atoms with E-state index >= 15 is 0 Å². The molecule has 1 fully saturated rings. The SMILES string of the molecule is O=C(CSc1nnc(-c2cccs2)n1C1CC1)Nc1ccccc1C(=O)c1ccccc1. The van der Waals surface area contributed by atoms with Gasteiger partial charge in [0.25, 0.3) is 0 Å². The maximum Gasteiger partial charge on any atom is 0.234 e. The van der Waals surface area contributed by atoms with Gasteiger partial charge in [-0.2, -0.15) is 0 Å². The summed E-state index contributed by atoms with van der Waals surface area (Å²) in [6, 6.07) is 20.6. The lowest BCUT2D eigenvalue weighted by Gasteiger charge is -2.11. The maximum absolute atomic E-state index is 12.9. The van der Waals surface area contributed by atoms with Crippen molar-refractivity contribution < 1.29 is 9.59 Å². The number of thioether (sulfide) groups is 1. The highest BCUT2D eigenvalue weighted by Gasteiger charge is 2.30. The molecule has 0 atom stereocenters. The first-order chi connectivity index (χ1) is 15.7. The maximum atomic E-state index is 12.9. The Morgan fingerprint density at radius 3 is 2.53 bits per heavy atom. The Hall–Kier alpha value is -3.23. The van der Waals surface area contributed by atoms with Gasteiger partial charge in [-0.3, -0.25) is 14.2 Å². The molecule has 8 heteroatoms. The molecule has 6 nitrogen and oxygen atoms in total. The van der Waals surface area contributed by atoms with Gasteiger partial charge in [-0.15, -0.1) is 21.5 Å². The summed E-state index contributed by atoms with van der Waals surface area (Å²) in [5.41, 5.74) is 1.57. The molecule has 0 radical (unpaired) electrons. The van der Waals surface area contributed by atoms with E-state index in [-0.39, 0.29) is 17.4 Å². The number of hydrogen-bond donors (Lipinski definition) is 1. The van der Waals surface area contributed by atoms with Crippen LogP contribution in [0.4, 0.5) is 5.69 Å². The van der Waals surface area contributed by atoms with Crippen molar-refractivity contribution in [3.05, 3.63) is 83.2 Å². The van der Waals surface area contributed by atoms with Gasteiger partial charge in [0.15, 0.2) is 16.8 Å². The van der Waals surface area contributed by atoms with E-state index in [1.54, 1.807) is 41.7 Å². The molecule has 160 valence electrons. The number of benzene rings is 2. The van der Waals surface area contributed by atoms with Crippen LogP contribution in [0.1, 0.15) is 34.8 Å². The van der Waals surface area contributed by atoms with Crippen molar-refractivity contribution in [3.8, 4) is 10.7 Å². The monoisotopic (exact) mass is 460 g/mol. The van der Waals surface area contributed by atoms with Gasteiger partial charge in [-0.05, 0) is 36.4 Å². The van der Waals surface area contributed by atoms with Crippen molar-refractivity contribution in [2.45, 2.75) is 24.0 Å². The second-order valence-corrected chi connectivity index (χ2v) is 9.35. The Balaban J connectivity index is 1.29. The number of hydrogen-bond acceptors (Lipinski definition) is 6. The third-order valence-electron chi connectivity index (χ3n) is 5.13. The summed E-state index contributed by atoms with van der Waals surface area (Å²) in [4.78, 5) is 26.7. The Morgan fingerprint density at radius 2 is 1.78 bits per heavy atom. The molecule has 4 aromatic rings. The quantitative estimate of drug-likeness (QED) is 0.285. The largest absolute Gasteiger partial charge is 0.325 e. The van der Waals surface area contributed by atoms with Gasteiger partial charge in [-0.25, -0.2) is 0 Å². The van der Waals surface area contributed by atoms with Crippen LogP contribution in [-0.4, -0.2) is 32.2 Å². The number of carbonyl (C=O) groups is 2. The van der Waals surface area contributed by atoms with Crippen molar-refractivity contribution in [1.82, 2.24) is 14.8 Å². The number of ketones is 1. The number of carbonyl (C=O) groups excluding carboxylic acids is 2. The van der Waals surface area contributed by atoms with Crippen molar-refractivity contribution in [2.24, 2.45) is 0 Å². The summed E-state index contributed by atoms with van der Waals surface area (Å²) in [5, 5.41) is 14.4. The highest BCUT2D eigenvalue weighted by molar-refractivity contribution is 7.99. The van der Waals surface area contributed by atoms with Gasteiger partial charge in [0.1, 0.15) is 0 Å². The molecule has 5 rings (SSSR count). The zero-order chi connectivity index (χ0) is 21.9. The first-order valence-corrected chi connectivity index (χ1v) is 12.2. The van der Waals surface area contributed by atoms with Gasteiger partial charge >= 0.3 is 0 Å². The molecule has 32 heavy (non-hydrogen) atoms. The molecular formula is C24H20N4O2S2. The van der Waals surface area contributed by atoms with E-state index in [9.17, 15) is 9.59 Å². The molecule has 0 aliphatic heterocycles. The fourth-order valence-corrected chi connectivity index (χ4v) is 4.97. The topological polar surface area (TPSA) is 76.9 Å². The average Bonchev–Trinajstić information content (AvgIpc) is 3.34. The molecule has 0 bridgehead atoms. The summed E-state index contributed by atoms with van der Waals surface area (Å²) in [6.45, 7) is 0. The molecule has 1 aliphatic carbocycles. The van der Waals surface area contributed by atoms with E-state index in [2.05, 4.69) is 20.1 Å². The highest BCUT2D eigenvalue weighted by atomic mass is 32.2. The van der Waals surface area contributed by atoms with Crippen LogP contribution in [0.5, 0.6) is 0 Å². The number of aromatic nitrogens is 3. The van der Waals surface area contributed by atoms with Gasteiger partial charge in [0, 0.05) is 17.2 Å². The zero-order valence-electron chi connectivity index (χ0n) is 17.1. The molecule has 0 saturated heterocycles. The first kappa shape index (κ1) is 20.7. The number of anilines is 1. The van der Waals surface area contributed by atoms with Crippen molar-refractivity contribution in [2.75, 3.05) is 11.1 Å². The van der Waals surface area contributed by atoms with Crippen LogP contribution in [0, 0.1) is 0 Å². The summed E-state index contributed by atoms with van der Waals surface area (Å²) in [5.74, 6) is 0.738. The van der Waals surface area contributed by atoms with E-state index in [1.165, 1.54) is 11.8 Å². The molecule has 2 aromatic carbocycles. The lowest BCUT2D eigenvalue weighted by atomic mass is 10.0. The van der Waals surface area contributed by atoms with E-state index in [1.807, 2.05) is 41.8 Å². The van der Waals surface area contributed by atoms with Crippen molar-refractivity contribution in [3.63, 3.8) is 0 Å². The summed E-state index contributed by atoms with van der Waals surface area (Å²) in [6.07, 6.45) is 2.20. The van der Waals surface area contributed by atoms with Crippen LogP contribution in [0.15, 0.2) is 77.3 Å². The minimum Gasteiger partial charge on any atom is -0.325 e. The molecule has 1 aliphatic rings. The number of nitrogens with one attached hydrogen (secondary N) is 1. The smallest absolute Gasteiger partial charge is 0.234 e. The Bertz CT molecular complexity index is 1250. The van der Waals surface area contributed by atoms with E-state index in [0.717, 1.165) is 28.7 Å². The Labute approximate surface area is 193 Å². The lowest BCUT2D eigenvalue weighted by Crippen LogP contribution is -2.17. The van der Waals surface area contributed by atoms with Crippen LogP contribution in [0.3, 0.4) is 0 Å². The average molecular weight is 461 g/mol. The number of rotatable bonds is 8. The first-order valence-electron chi connectivity index (χ1n) is 10.3. The van der Waals surface area contributed by atoms with Crippen LogP contribution in [0.2, 0.25) is 0 Å². The molecule has 1 saturated carbocycles. The van der Waals surface area contributed by atoms with Crippen LogP contribution >= 0.6 is 23.1 Å². The summed E-state index contributed by atoms with van der Waals surface area (Å²) >= 11 is 3.00. The number of thiophene rings is 1. The van der Waals surface area contributed by atoms with Crippen LogP contribution in [-0.2, 0) is 4.79 Å². The predicted octanol–water partition coefficient (Wildman–Crippen LogP) is 5.30. The molecule has 1 amide bonds. The Kier molecular flexibility index (Phi) is 5.87. The van der Waals surface area contributed by atoms with Crippen LogP contribution < -0.4 is 5.32 Å². The summed E-state index contributed by atoms with van der Waals surface area (Å²) < 4.78 is 2.15.